The van der Waals surface area contributed by atoms with Crippen molar-refractivity contribution in [3.8, 4) is 11.3 Å². The van der Waals surface area contributed by atoms with Gasteiger partial charge in [0.2, 0.25) is 11.2 Å². The molecule has 0 radical (unpaired) electrons. The zero-order valence-electron chi connectivity index (χ0n) is 24.7. The summed E-state index contributed by atoms with van der Waals surface area (Å²) in [7, 11) is 0. The largest absolute Gasteiger partial charge is 0.419 e. The number of halogens is 7. The first-order chi connectivity index (χ1) is 19.6. The van der Waals surface area contributed by atoms with Gasteiger partial charge >= 0.3 is 12.4 Å². The molecule has 2 aromatic rings. The molecule has 0 amide bonds. The zero-order valence-corrected chi connectivity index (χ0v) is 24.7. The Labute approximate surface area is 243 Å². The lowest BCUT2D eigenvalue weighted by molar-refractivity contribution is -0.760. The van der Waals surface area contributed by atoms with Gasteiger partial charge in [-0.25, -0.2) is 4.39 Å². The van der Waals surface area contributed by atoms with Gasteiger partial charge in [0.15, 0.2) is 6.20 Å². The van der Waals surface area contributed by atoms with Gasteiger partial charge in [-0.2, -0.15) is 30.9 Å². The molecular weight excluding hydrogens is 555 g/mol. The lowest BCUT2D eigenvalue weighted by atomic mass is 9.55. The number of alkyl halides is 6. The Morgan fingerprint density at radius 3 is 2.33 bits per heavy atom. The first-order valence-corrected chi connectivity index (χ1v) is 15.0. The number of aromatic nitrogens is 1. The van der Waals surface area contributed by atoms with Crippen LogP contribution in [0.15, 0.2) is 43.1 Å². The van der Waals surface area contributed by atoms with Crippen LogP contribution in [0.25, 0.3) is 11.3 Å². The monoisotopic (exact) mass is 594 g/mol. The SMILES string of the molecule is C=CCC12CC3CC3C1(C(=C)C)[n+]1ccc(CCC(C)CCC)cc1-c1c(CC)c(C(F)(F)F)c(F)c(C(F)(F)F)c12. The fourth-order valence-electron chi connectivity index (χ4n) is 8.86. The van der Waals surface area contributed by atoms with Crippen molar-refractivity contribution in [3.05, 3.63) is 76.8 Å². The van der Waals surface area contributed by atoms with E-state index >= 15 is 17.6 Å². The summed E-state index contributed by atoms with van der Waals surface area (Å²) >= 11 is 0. The van der Waals surface area contributed by atoms with E-state index in [2.05, 4.69) is 27.0 Å². The van der Waals surface area contributed by atoms with Crippen molar-refractivity contribution in [1.82, 2.24) is 0 Å². The summed E-state index contributed by atoms with van der Waals surface area (Å²) in [6.45, 7) is 15.6. The molecule has 2 aliphatic carbocycles. The Hall–Kier alpha value is -2.64. The number of fused-ring (bicyclic) bond motifs is 8. The van der Waals surface area contributed by atoms with Gasteiger partial charge in [0.05, 0.1) is 22.1 Å². The van der Waals surface area contributed by atoms with Gasteiger partial charge < -0.3 is 0 Å². The summed E-state index contributed by atoms with van der Waals surface area (Å²) in [6, 6.07) is 3.70. The third-order valence-corrected chi connectivity index (χ3v) is 10.2. The van der Waals surface area contributed by atoms with Crippen molar-refractivity contribution in [2.45, 2.75) is 102 Å². The standard InChI is InChI=1S/C34H39F7N/c1-7-10-20(6)11-12-21-13-15-42-25(16-21)26-23(9-3)27(33(36,37)38)30(35)29(34(39,40)41)28(26)31(14-8-2)18-22-17-24(22)32(31,42)19(4)5/h8,13,15-16,20,22,24H,2,4,7,9-12,14,17-18H2,1,3,5-6H3/q+1. The Morgan fingerprint density at radius 2 is 1.79 bits per heavy atom. The molecule has 1 aliphatic heterocycles. The minimum atomic E-state index is -5.35. The molecule has 1 aromatic carbocycles. The summed E-state index contributed by atoms with van der Waals surface area (Å²) < 4.78 is 107. The molecule has 0 N–H and O–H groups in total. The maximum atomic E-state index is 16.0. The van der Waals surface area contributed by atoms with Crippen molar-refractivity contribution in [2.75, 3.05) is 0 Å². The van der Waals surface area contributed by atoms with E-state index in [1.54, 1.807) is 13.0 Å². The van der Waals surface area contributed by atoms with E-state index in [9.17, 15) is 13.2 Å². The highest BCUT2D eigenvalue weighted by atomic mass is 19.4. The molecule has 1 aromatic heterocycles. The van der Waals surface area contributed by atoms with Gasteiger partial charge in [-0.1, -0.05) is 46.3 Å². The fraction of sp³-hybridized carbons (Fsp3) is 0.559. The molecule has 5 rings (SSSR count). The van der Waals surface area contributed by atoms with Crippen LogP contribution in [0, 0.1) is 23.6 Å². The molecule has 0 spiro atoms. The topological polar surface area (TPSA) is 3.88 Å². The molecule has 2 saturated carbocycles. The maximum Gasteiger partial charge on any atom is 0.419 e. The molecule has 3 aliphatic rings. The van der Waals surface area contributed by atoms with Gasteiger partial charge in [0.25, 0.3) is 0 Å². The van der Waals surface area contributed by atoms with Crippen molar-refractivity contribution in [3.63, 3.8) is 0 Å². The summed E-state index contributed by atoms with van der Waals surface area (Å²) in [5.74, 6) is -1.80. The number of hydrogen-bond acceptors (Lipinski definition) is 0. The lowest BCUT2D eigenvalue weighted by Gasteiger charge is -2.50. The summed E-state index contributed by atoms with van der Waals surface area (Å²) in [5.41, 5.74) is -5.15. The molecule has 2 heterocycles. The Bertz CT molecular complexity index is 1440. The third kappa shape index (κ3) is 4.21. The average Bonchev–Trinajstić information content (AvgIpc) is 3.58. The molecule has 5 atom stereocenters. The van der Waals surface area contributed by atoms with E-state index in [-0.39, 0.29) is 41.5 Å². The third-order valence-electron chi connectivity index (χ3n) is 10.2. The van der Waals surface area contributed by atoms with Crippen LogP contribution in [0.5, 0.6) is 0 Å². The molecule has 228 valence electrons. The normalized spacial score (nSPS) is 26.6. The number of aryl methyl sites for hydroxylation is 1. The van der Waals surface area contributed by atoms with Crippen molar-refractivity contribution in [2.24, 2.45) is 17.8 Å². The second kappa shape index (κ2) is 10.2. The van der Waals surface area contributed by atoms with Gasteiger partial charge in [-0.15, -0.1) is 6.58 Å². The molecule has 42 heavy (non-hydrogen) atoms. The first-order valence-electron chi connectivity index (χ1n) is 15.0. The Morgan fingerprint density at radius 1 is 1.12 bits per heavy atom. The van der Waals surface area contributed by atoms with Gasteiger partial charge in [0.1, 0.15) is 5.82 Å². The number of allylic oxidation sites excluding steroid dienone is 2. The molecule has 8 heteroatoms. The molecular formula is C34H39F7N+. The predicted molar refractivity (Wildman–Crippen MR) is 149 cm³/mol. The molecule has 1 nitrogen and oxygen atoms in total. The van der Waals surface area contributed by atoms with Crippen LogP contribution in [0.3, 0.4) is 0 Å². The van der Waals surface area contributed by atoms with E-state index in [4.69, 9.17) is 0 Å². The molecule has 0 saturated heterocycles. The van der Waals surface area contributed by atoms with Gasteiger partial charge in [0, 0.05) is 18.1 Å². The van der Waals surface area contributed by atoms with E-state index < -0.39 is 45.8 Å². The second-order valence-electron chi connectivity index (χ2n) is 12.8. The maximum absolute atomic E-state index is 16.0. The van der Waals surface area contributed by atoms with Crippen LogP contribution in [-0.4, -0.2) is 0 Å². The average molecular weight is 595 g/mol. The van der Waals surface area contributed by atoms with Gasteiger partial charge in [-0.05, 0) is 79.5 Å². The summed E-state index contributed by atoms with van der Waals surface area (Å²) in [5, 5.41) is 0. The van der Waals surface area contributed by atoms with Crippen LogP contribution in [-0.2, 0) is 36.1 Å². The number of nitrogens with zero attached hydrogens (tertiary/aromatic N) is 1. The lowest BCUT2D eigenvalue weighted by Crippen LogP contribution is -2.70. The number of pyridine rings is 1. The van der Waals surface area contributed by atoms with Crippen LogP contribution < -0.4 is 4.57 Å². The van der Waals surface area contributed by atoms with E-state index in [1.165, 1.54) is 13.0 Å². The van der Waals surface area contributed by atoms with Crippen LogP contribution in [0.4, 0.5) is 30.7 Å². The highest BCUT2D eigenvalue weighted by Crippen LogP contribution is 2.74. The van der Waals surface area contributed by atoms with Crippen molar-refractivity contribution >= 4 is 0 Å². The van der Waals surface area contributed by atoms with Crippen molar-refractivity contribution < 1.29 is 35.3 Å². The number of hydrogen-bond donors (Lipinski definition) is 0. The summed E-state index contributed by atoms with van der Waals surface area (Å²) in [4.78, 5) is 0. The number of benzene rings is 1. The second-order valence-corrected chi connectivity index (χ2v) is 12.8. The first kappa shape index (κ1) is 30.8. The smallest absolute Gasteiger partial charge is 0.206 e. The fourth-order valence-corrected chi connectivity index (χ4v) is 8.86. The highest BCUT2D eigenvalue weighted by molar-refractivity contribution is 5.76. The quantitative estimate of drug-likeness (QED) is 0.155. The minimum Gasteiger partial charge on any atom is -0.206 e. The minimum absolute atomic E-state index is 0.0547. The number of rotatable bonds is 9. The van der Waals surface area contributed by atoms with E-state index in [0.717, 1.165) is 31.2 Å². The van der Waals surface area contributed by atoms with Crippen LogP contribution >= 0.6 is 0 Å². The zero-order chi connectivity index (χ0) is 31.0. The van der Waals surface area contributed by atoms with E-state index in [0.29, 0.717) is 24.3 Å². The Balaban J connectivity index is 1.96. The van der Waals surface area contributed by atoms with E-state index in [1.807, 2.05) is 16.8 Å². The highest BCUT2D eigenvalue weighted by Gasteiger charge is 2.79. The van der Waals surface area contributed by atoms with Crippen molar-refractivity contribution in [1.29, 1.82) is 0 Å². The molecule has 5 unspecified atom stereocenters. The molecule has 2 fully saturated rings. The van der Waals surface area contributed by atoms with Crippen LogP contribution in [0.1, 0.15) is 94.0 Å². The summed E-state index contributed by atoms with van der Waals surface area (Å²) in [6.07, 6.45) is -2.92. The van der Waals surface area contributed by atoms with Crippen LogP contribution in [0.2, 0.25) is 0 Å². The predicted octanol–water partition coefficient (Wildman–Crippen LogP) is 9.89. The van der Waals surface area contributed by atoms with Gasteiger partial charge in [-0.3, -0.25) is 0 Å². The Kier molecular flexibility index (Phi) is 7.50. The molecule has 0 bridgehead atoms.